The molecule has 0 aromatic carbocycles. The molecule has 0 aromatic heterocycles. The van der Waals surface area contributed by atoms with Crippen molar-refractivity contribution in [3.8, 4) is 0 Å². The lowest BCUT2D eigenvalue weighted by Crippen LogP contribution is -2.50. The van der Waals surface area contributed by atoms with E-state index in [1.165, 1.54) is 38.5 Å². The Morgan fingerprint density at radius 1 is 1.43 bits per heavy atom. The Kier molecular flexibility index (Phi) is 3.13. The Morgan fingerprint density at radius 3 is 2.93 bits per heavy atom. The summed E-state index contributed by atoms with van der Waals surface area (Å²) in [7, 11) is 0. The van der Waals surface area contributed by atoms with E-state index >= 15 is 0 Å². The van der Waals surface area contributed by atoms with Crippen molar-refractivity contribution >= 4 is 0 Å². The van der Waals surface area contributed by atoms with E-state index in [-0.39, 0.29) is 5.54 Å². The van der Waals surface area contributed by atoms with Crippen LogP contribution < -0.4 is 5.73 Å². The monoisotopic (exact) mass is 197 g/mol. The minimum atomic E-state index is 0.107. The van der Waals surface area contributed by atoms with E-state index in [1.54, 1.807) is 0 Å². The number of hydrogen-bond acceptors (Lipinski definition) is 2. The molecular weight excluding hydrogens is 174 g/mol. The Labute approximate surface area is 87.2 Å². The van der Waals surface area contributed by atoms with Crippen LogP contribution in [0.2, 0.25) is 0 Å². The van der Waals surface area contributed by atoms with E-state index < -0.39 is 0 Å². The van der Waals surface area contributed by atoms with Crippen molar-refractivity contribution < 1.29 is 4.74 Å². The van der Waals surface area contributed by atoms with Crippen LogP contribution in [-0.2, 0) is 4.74 Å². The van der Waals surface area contributed by atoms with Crippen molar-refractivity contribution in [1.82, 2.24) is 0 Å². The van der Waals surface area contributed by atoms with Gasteiger partial charge in [-0.05, 0) is 25.2 Å². The van der Waals surface area contributed by atoms with E-state index in [0.717, 1.165) is 19.1 Å². The van der Waals surface area contributed by atoms with Gasteiger partial charge in [-0.3, -0.25) is 0 Å². The average molecular weight is 197 g/mol. The Balaban J connectivity index is 1.98. The normalized spacial score (nSPS) is 44.1. The molecule has 0 spiro atoms. The molecule has 0 radical (unpaired) electrons. The molecule has 0 amide bonds. The first-order valence-electron chi connectivity index (χ1n) is 6.11. The van der Waals surface area contributed by atoms with Crippen molar-refractivity contribution in [3.05, 3.63) is 0 Å². The first kappa shape index (κ1) is 10.4. The molecule has 2 heteroatoms. The van der Waals surface area contributed by atoms with Crippen molar-refractivity contribution in [2.75, 3.05) is 13.2 Å². The minimum Gasteiger partial charge on any atom is -0.381 e. The first-order valence-corrected chi connectivity index (χ1v) is 6.11. The van der Waals surface area contributed by atoms with Crippen LogP contribution in [0.4, 0.5) is 0 Å². The van der Waals surface area contributed by atoms with Crippen molar-refractivity contribution in [2.45, 2.75) is 51.0 Å². The van der Waals surface area contributed by atoms with Gasteiger partial charge in [-0.25, -0.2) is 0 Å². The van der Waals surface area contributed by atoms with Crippen LogP contribution in [-0.4, -0.2) is 18.8 Å². The quantitative estimate of drug-likeness (QED) is 0.737. The molecule has 3 atom stereocenters. The number of hydrogen-bond donors (Lipinski definition) is 1. The summed E-state index contributed by atoms with van der Waals surface area (Å²) in [5.74, 6) is 1.51. The van der Waals surface area contributed by atoms with Gasteiger partial charge in [-0.2, -0.15) is 0 Å². The molecule has 1 aliphatic heterocycles. The fourth-order valence-electron chi connectivity index (χ4n) is 3.17. The summed E-state index contributed by atoms with van der Waals surface area (Å²) in [6.45, 7) is 4.13. The van der Waals surface area contributed by atoms with E-state index in [4.69, 9.17) is 10.5 Å². The minimum absolute atomic E-state index is 0.107. The highest BCUT2D eigenvalue weighted by Gasteiger charge is 2.40. The van der Waals surface area contributed by atoms with Gasteiger partial charge in [0.2, 0.25) is 0 Å². The van der Waals surface area contributed by atoms with E-state index in [0.29, 0.717) is 5.92 Å². The maximum Gasteiger partial charge on any atom is 0.0512 e. The third kappa shape index (κ3) is 1.96. The number of nitrogens with two attached hydrogens (primary N) is 1. The van der Waals surface area contributed by atoms with Gasteiger partial charge in [0.1, 0.15) is 0 Å². The van der Waals surface area contributed by atoms with Crippen molar-refractivity contribution in [3.63, 3.8) is 0 Å². The van der Waals surface area contributed by atoms with Crippen molar-refractivity contribution in [2.24, 2.45) is 17.6 Å². The highest BCUT2D eigenvalue weighted by atomic mass is 16.5. The molecule has 0 bridgehead atoms. The SMILES string of the molecule is CCC1CCCC(N)(C2CCOC2)C1. The molecule has 2 rings (SSSR count). The van der Waals surface area contributed by atoms with Gasteiger partial charge in [0.25, 0.3) is 0 Å². The maximum atomic E-state index is 6.55. The van der Waals surface area contributed by atoms with Crippen LogP contribution in [0.15, 0.2) is 0 Å². The lowest BCUT2D eigenvalue weighted by molar-refractivity contribution is 0.121. The van der Waals surface area contributed by atoms with Crippen molar-refractivity contribution in [1.29, 1.82) is 0 Å². The van der Waals surface area contributed by atoms with Gasteiger partial charge in [0.05, 0.1) is 6.61 Å². The van der Waals surface area contributed by atoms with Crippen LogP contribution in [0.3, 0.4) is 0 Å². The zero-order valence-corrected chi connectivity index (χ0v) is 9.30. The van der Waals surface area contributed by atoms with E-state index in [2.05, 4.69) is 6.92 Å². The topological polar surface area (TPSA) is 35.2 Å². The highest BCUT2D eigenvalue weighted by molar-refractivity contribution is 4.97. The second kappa shape index (κ2) is 4.19. The second-order valence-corrected chi connectivity index (χ2v) is 5.16. The Morgan fingerprint density at radius 2 is 2.29 bits per heavy atom. The highest BCUT2D eigenvalue weighted by Crippen LogP contribution is 2.39. The summed E-state index contributed by atoms with van der Waals surface area (Å²) in [5, 5.41) is 0. The Bertz CT molecular complexity index is 189. The smallest absolute Gasteiger partial charge is 0.0512 e. The maximum absolute atomic E-state index is 6.55. The molecule has 1 heterocycles. The first-order chi connectivity index (χ1) is 6.74. The molecule has 2 aliphatic rings. The van der Waals surface area contributed by atoms with E-state index in [1.807, 2.05) is 0 Å². The van der Waals surface area contributed by atoms with Crippen LogP contribution >= 0.6 is 0 Å². The number of rotatable bonds is 2. The third-order valence-corrected chi connectivity index (χ3v) is 4.24. The van der Waals surface area contributed by atoms with Crippen LogP contribution in [0.1, 0.15) is 45.4 Å². The van der Waals surface area contributed by atoms with Crippen LogP contribution in [0.25, 0.3) is 0 Å². The van der Waals surface area contributed by atoms with Gasteiger partial charge >= 0.3 is 0 Å². The summed E-state index contributed by atoms with van der Waals surface area (Å²) in [5.41, 5.74) is 6.66. The summed E-state index contributed by atoms with van der Waals surface area (Å²) in [6.07, 6.45) is 7.66. The van der Waals surface area contributed by atoms with Gasteiger partial charge in [-0.15, -0.1) is 0 Å². The third-order valence-electron chi connectivity index (χ3n) is 4.24. The van der Waals surface area contributed by atoms with Crippen LogP contribution in [0.5, 0.6) is 0 Å². The molecule has 2 N–H and O–H groups in total. The predicted molar refractivity (Wildman–Crippen MR) is 58.1 cm³/mol. The van der Waals surface area contributed by atoms with Gasteiger partial charge < -0.3 is 10.5 Å². The fraction of sp³-hybridized carbons (Fsp3) is 1.00. The molecule has 2 nitrogen and oxygen atoms in total. The van der Waals surface area contributed by atoms with Gasteiger partial charge in [-0.1, -0.05) is 26.2 Å². The van der Waals surface area contributed by atoms with Gasteiger partial charge in [0.15, 0.2) is 0 Å². The molecule has 1 saturated heterocycles. The molecule has 14 heavy (non-hydrogen) atoms. The molecule has 82 valence electrons. The number of ether oxygens (including phenoxy) is 1. The summed E-state index contributed by atoms with van der Waals surface area (Å²) >= 11 is 0. The summed E-state index contributed by atoms with van der Waals surface area (Å²) in [6, 6.07) is 0. The fourth-order valence-corrected chi connectivity index (χ4v) is 3.17. The van der Waals surface area contributed by atoms with Gasteiger partial charge in [0, 0.05) is 18.1 Å². The van der Waals surface area contributed by atoms with Crippen LogP contribution in [0, 0.1) is 11.8 Å². The molecule has 1 saturated carbocycles. The molecular formula is C12H23NO. The lowest BCUT2D eigenvalue weighted by atomic mass is 9.68. The summed E-state index contributed by atoms with van der Waals surface area (Å²) in [4.78, 5) is 0. The molecule has 3 unspecified atom stereocenters. The van der Waals surface area contributed by atoms with E-state index in [9.17, 15) is 0 Å². The lowest BCUT2D eigenvalue weighted by Gasteiger charge is -2.41. The zero-order valence-electron chi connectivity index (χ0n) is 9.30. The Hall–Kier alpha value is -0.0800. The molecule has 2 fully saturated rings. The molecule has 1 aliphatic carbocycles. The zero-order chi connectivity index (χ0) is 10.0. The molecule has 0 aromatic rings. The average Bonchev–Trinajstić information content (AvgIpc) is 2.71. The largest absolute Gasteiger partial charge is 0.381 e. The second-order valence-electron chi connectivity index (χ2n) is 5.16. The summed E-state index contributed by atoms with van der Waals surface area (Å²) < 4.78 is 5.46. The standard InChI is InChI=1S/C12H23NO/c1-2-10-4-3-6-12(13,8-10)11-5-7-14-9-11/h10-11H,2-9,13H2,1H3. The predicted octanol–water partition coefficient (Wildman–Crippen LogP) is 2.32.